The van der Waals surface area contributed by atoms with Crippen molar-refractivity contribution in [2.75, 3.05) is 26.2 Å². The smallest absolute Gasteiger partial charge is 0.222 e. The van der Waals surface area contributed by atoms with Crippen molar-refractivity contribution < 1.29 is 13.2 Å². The molecule has 3 aliphatic rings. The average molecular weight is 377 g/mol. The Morgan fingerprint density at radius 1 is 1.08 bits per heavy atom. The highest BCUT2D eigenvalue weighted by atomic mass is 32.2. The van der Waals surface area contributed by atoms with Gasteiger partial charge in [0.15, 0.2) is 0 Å². The molecule has 6 heteroatoms. The van der Waals surface area contributed by atoms with E-state index in [1.165, 1.54) is 5.56 Å². The normalized spacial score (nSPS) is 27.8. The molecule has 0 unspecified atom stereocenters. The maximum Gasteiger partial charge on any atom is 0.222 e. The van der Waals surface area contributed by atoms with E-state index in [1.807, 2.05) is 23.1 Å². The Hall–Kier alpha value is -1.40. The number of piperidine rings is 2. The van der Waals surface area contributed by atoms with Gasteiger partial charge in [-0.25, -0.2) is 12.7 Å². The highest BCUT2D eigenvalue weighted by Crippen LogP contribution is 2.42. The highest BCUT2D eigenvalue weighted by Gasteiger charge is 2.47. The molecule has 0 N–H and O–H groups in total. The predicted octanol–water partition coefficient (Wildman–Crippen LogP) is 2.43. The Kier molecular flexibility index (Phi) is 4.82. The molecule has 2 saturated heterocycles. The number of carbonyl (C=O) groups is 1. The van der Waals surface area contributed by atoms with Gasteiger partial charge in [-0.05, 0) is 44.1 Å². The second kappa shape index (κ2) is 6.97. The van der Waals surface area contributed by atoms with E-state index in [1.54, 1.807) is 4.31 Å². The van der Waals surface area contributed by atoms with E-state index in [0.29, 0.717) is 26.1 Å². The third kappa shape index (κ3) is 3.67. The Bertz CT molecular complexity index is 761. The van der Waals surface area contributed by atoms with Crippen LogP contribution < -0.4 is 0 Å². The number of hydrogen-bond acceptors (Lipinski definition) is 3. The standard InChI is InChI=1S/C20H28N2O3S/c23-19-9-12-20(15-21(19)14-10-17-5-2-1-3-6-17)11-4-13-22(16-20)26(24,25)18-7-8-18/h1-3,5-6,18H,4,7-16H2/t20-/m0/s1. The van der Waals surface area contributed by atoms with Gasteiger partial charge in [-0.2, -0.15) is 0 Å². The van der Waals surface area contributed by atoms with E-state index in [0.717, 1.165) is 45.1 Å². The van der Waals surface area contributed by atoms with Crippen molar-refractivity contribution in [3.8, 4) is 0 Å². The molecule has 5 nitrogen and oxygen atoms in total. The zero-order chi connectivity index (χ0) is 18.2. The molecule has 142 valence electrons. The van der Waals surface area contributed by atoms with Crippen LogP contribution in [0.2, 0.25) is 0 Å². The van der Waals surface area contributed by atoms with Gasteiger partial charge >= 0.3 is 0 Å². The van der Waals surface area contributed by atoms with Crippen LogP contribution in [0.4, 0.5) is 0 Å². The number of likely N-dealkylation sites (tertiary alicyclic amines) is 1. The zero-order valence-corrected chi connectivity index (χ0v) is 16.1. The first-order valence-electron chi connectivity index (χ1n) is 9.79. The summed E-state index contributed by atoms with van der Waals surface area (Å²) in [4.78, 5) is 14.4. The first kappa shape index (κ1) is 18.0. The Morgan fingerprint density at radius 3 is 2.58 bits per heavy atom. The van der Waals surface area contributed by atoms with Gasteiger partial charge in [-0.3, -0.25) is 4.79 Å². The summed E-state index contributed by atoms with van der Waals surface area (Å²) < 4.78 is 27.1. The van der Waals surface area contributed by atoms with Crippen molar-refractivity contribution >= 4 is 15.9 Å². The minimum Gasteiger partial charge on any atom is -0.342 e. The van der Waals surface area contributed by atoms with Crippen molar-refractivity contribution in [1.82, 2.24) is 9.21 Å². The second-order valence-corrected chi connectivity index (χ2v) is 10.4. The van der Waals surface area contributed by atoms with Gasteiger partial charge < -0.3 is 4.90 Å². The van der Waals surface area contributed by atoms with Crippen LogP contribution in [-0.4, -0.2) is 55.0 Å². The highest BCUT2D eigenvalue weighted by molar-refractivity contribution is 7.90. The fourth-order valence-electron chi connectivity index (χ4n) is 4.50. The summed E-state index contributed by atoms with van der Waals surface area (Å²) in [5.41, 5.74) is 1.19. The molecular formula is C20H28N2O3S. The van der Waals surface area contributed by atoms with Crippen LogP contribution in [0, 0.1) is 5.41 Å². The summed E-state index contributed by atoms with van der Waals surface area (Å²) in [6, 6.07) is 10.2. The molecule has 1 spiro atoms. The number of amides is 1. The Labute approximate surface area is 156 Å². The minimum atomic E-state index is -3.12. The van der Waals surface area contributed by atoms with Crippen LogP contribution in [0.5, 0.6) is 0 Å². The molecule has 0 aromatic heterocycles. The molecule has 1 atom stereocenters. The molecule has 26 heavy (non-hydrogen) atoms. The fraction of sp³-hybridized carbons (Fsp3) is 0.650. The second-order valence-electron chi connectivity index (χ2n) is 8.23. The summed E-state index contributed by atoms with van der Waals surface area (Å²) in [6.07, 6.45) is 5.79. The minimum absolute atomic E-state index is 0.0508. The van der Waals surface area contributed by atoms with E-state index in [2.05, 4.69) is 12.1 Å². The van der Waals surface area contributed by atoms with Crippen LogP contribution >= 0.6 is 0 Å². The molecule has 1 amide bonds. The van der Waals surface area contributed by atoms with Crippen molar-refractivity contribution in [2.24, 2.45) is 5.41 Å². The molecule has 0 bridgehead atoms. The SMILES string of the molecule is O=C1CC[C@@]2(CCCN(S(=O)(=O)C3CC3)C2)CN1CCc1ccccc1. The van der Waals surface area contributed by atoms with E-state index in [-0.39, 0.29) is 16.6 Å². The molecule has 1 saturated carbocycles. The molecule has 1 aromatic rings. The molecule has 1 aromatic carbocycles. The van der Waals surface area contributed by atoms with Crippen LogP contribution in [0.25, 0.3) is 0 Å². The number of carbonyl (C=O) groups excluding carboxylic acids is 1. The molecule has 2 aliphatic heterocycles. The van der Waals surface area contributed by atoms with Gasteiger partial charge in [0.05, 0.1) is 5.25 Å². The van der Waals surface area contributed by atoms with Crippen LogP contribution in [0.3, 0.4) is 0 Å². The molecule has 0 radical (unpaired) electrons. The van der Waals surface area contributed by atoms with Crippen LogP contribution in [0.1, 0.15) is 44.1 Å². The fourth-order valence-corrected chi connectivity index (χ4v) is 6.50. The zero-order valence-electron chi connectivity index (χ0n) is 15.3. The van der Waals surface area contributed by atoms with Crippen LogP contribution in [-0.2, 0) is 21.2 Å². The monoisotopic (exact) mass is 376 g/mol. The number of sulfonamides is 1. The lowest BCUT2D eigenvalue weighted by atomic mass is 9.74. The summed E-state index contributed by atoms with van der Waals surface area (Å²) in [5.74, 6) is 0.216. The molecule has 4 rings (SSSR count). The molecule has 3 fully saturated rings. The number of rotatable bonds is 5. The Morgan fingerprint density at radius 2 is 1.85 bits per heavy atom. The van der Waals surface area contributed by atoms with Crippen molar-refractivity contribution in [3.05, 3.63) is 35.9 Å². The van der Waals surface area contributed by atoms with Gasteiger partial charge in [-0.15, -0.1) is 0 Å². The van der Waals surface area contributed by atoms with Crippen LogP contribution in [0.15, 0.2) is 30.3 Å². The first-order chi connectivity index (χ1) is 12.5. The third-order valence-electron chi connectivity index (χ3n) is 6.19. The summed E-state index contributed by atoms with van der Waals surface area (Å²) in [5, 5.41) is -0.142. The third-order valence-corrected chi connectivity index (χ3v) is 8.54. The van der Waals surface area contributed by atoms with E-state index < -0.39 is 10.0 Å². The molecule has 2 heterocycles. The Balaban J connectivity index is 1.43. The van der Waals surface area contributed by atoms with Gasteiger partial charge in [0.25, 0.3) is 0 Å². The molecular weight excluding hydrogens is 348 g/mol. The van der Waals surface area contributed by atoms with Gasteiger partial charge in [0.1, 0.15) is 0 Å². The lowest BCUT2D eigenvalue weighted by Gasteiger charge is -2.47. The number of hydrogen-bond donors (Lipinski definition) is 0. The first-order valence-corrected chi connectivity index (χ1v) is 11.3. The summed E-state index contributed by atoms with van der Waals surface area (Å²) >= 11 is 0. The van der Waals surface area contributed by atoms with Crippen molar-refractivity contribution in [2.45, 2.75) is 50.2 Å². The van der Waals surface area contributed by atoms with E-state index >= 15 is 0 Å². The maximum atomic E-state index is 12.7. The lowest BCUT2D eigenvalue weighted by molar-refractivity contribution is -0.138. The van der Waals surface area contributed by atoms with E-state index in [9.17, 15) is 13.2 Å². The largest absolute Gasteiger partial charge is 0.342 e. The van der Waals surface area contributed by atoms with Crippen molar-refractivity contribution in [1.29, 1.82) is 0 Å². The van der Waals surface area contributed by atoms with Gasteiger partial charge in [-0.1, -0.05) is 30.3 Å². The topological polar surface area (TPSA) is 57.7 Å². The van der Waals surface area contributed by atoms with Gasteiger partial charge in [0, 0.05) is 38.0 Å². The maximum absolute atomic E-state index is 12.7. The summed E-state index contributed by atoms with van der Waals surface area (Å²) in [7, 11) is -3.12. The van der Waals surface area contributed by atoms with Crippen molar-refractivity contribution in [3.63, 3.8) is 0 Å². The summed E-state index contributed by atoms with van der Waals surface area (Å²) in [6.45, 7) is 2.68. The number of benzene rings is 1. The average Bonchev–Trinajstić information content (AvgIpc) is 3.50. The molecule has 1 aliphatic carbocycles. The lowest BCUT2D eigenvalue weighted by Crippen LogP contribution is -2.55. The van der Waals surface area contributed by atoms with Gasteiger partial charge in [0.2, 0.25) is 15.9 Å². The predicted molar refractivity (Wildman–Crippen MR) is 101 cm³/mol. The number of nitrogens with zero attached hydrogens (tertiary/aromatic N) is 2. The quantitative estimate of drug-likeness (QED) is 0.793. The van der Waals surface area contributed by atoms with E-state index in [4.69, 9.17) is 0 Å².